The number of nitrogens with zero attached hydrogens (tertiary/aromatic N) is 3. The van der Waals surface area contributed by atoms with Gasteiger partial charge in [-0.1, -0.05) is 11.6 Å². The Labute approximate surface area is 174 Å². The fourth-order valence-electron chi connectivity index (χ4n) is 3.81. The van der Waals surface area contributed by atoms with Crippen LogP contribution in [0.4, 0.5) is 0 Å². The Morgan fingerprint density at radius 1 is 1.34 bits per heavy atom. The summed E-state index contributed by atoms with van der Waals surface area (Å²) in [5.74, 6) is -0.264. The summed E-state index contributed by atoms with van der Waals surface area (Å²) in [6, 6.07) is 5.75. The zero-order chi connectivity index (χ0) is 20.2. The van der Waals surface area contributed by atoms with Gasteiger partial charge in [-0.25, -0.2) is 4.98 Å². The molecule has 0 saturated carbocycles. The molecular formula is C21H24ClN5O2. The number of amides is 2. The minimum Gasteiger partial charge on any atom is -0.361 e. The number of aromatic nitrogens is 3. The Bertz CT molecular complexity index is 998. The van der Waals surface area contributed by atoms with Crippen LogP contribution in [0.25, 0.3) is 10.9 Å². The number of benzene rings is 1. The van der Waals surface area contributed by atoms with Crippen molar-refractivity contribution in [3.63, 3.8) is 0 Å². The van der Waals surface area contributed by atoms with E-state index < -0.39 is 0 Å². The van der Waals surface area contributed by atoms with Crippen molar-refractivity contribution in [3.05, 3.63) is 53.7 Å². The van der Waals surface area contributed by atoms with E-state index in [-0.39, 0.29) is 24.2 Å². The van der Waals surface area contributed by atoms with Gasteiger partial charge in [0.05, 0.1) is 12.2 Å². The number of carbonyl (C=O) groups is 2. The number of H-pyrrole nitrogens is 1. The highest BCUT2D eigenvalue weighted by Crippen LogP contribution is 2.24. The van der Waals surface area contributed by atoms with Crippen molar-refractivity contribution in [1.29, 1.82) is 0 Å². The Morgan fingerprint density at radius 3 is 3.07 bits per heavy atom. The van der Waals surface area contributed by atoms with Gasteiger partial charge in [0.15, 0.2) is 0 Å². The number of hydrogen-bond donors (Lipinski definition) is 2. The highest BCUT2D eigenvalue weighted by Gasteiger charge is 2.33. The number of carbonyl (C=O) groups excluding carboxylic acids is 2. The maximum Gasteiger partial charge on any atom is 0.225 e. The van der Waals surface area contributed by atoms with Gasteiger partial charge in [0, 0.05) is 67.1 Å². The van der Waals surface area contributed by atoms with Crippen molar-refractivity contribution >= 4 is 34.3 Å². The van der Waals surface area contributed by atoms with Crippen LogP contribution in [0.1, 0.15) is 18.4 Å². The van der Waals surface area contributed by atoms with Crippen LogP contribution < -0.4 is 5.32 Å². The first kappa shape index (κ1) is 19.5. The van der Waals surface area contributed by atoms with Crippen molar-refractivity contribution < 1.29 is 9.59 Å². The minimum absolute atomic E-state index is 0.0367. The Balaban J connectivity index is 1.25. The van der Waals surface area contributed by atoms with E-state index in [1.807, 2.05) is 35.2 Å². The second-order valence-corrected chi connectivity index (χ2v) is 7.88. The molecule has 0 unspecified atom stereocenters. The van der Waals surface area contributed by atoms with Crippen LogP contribution in [0.3, 0.4) is 0 Å². The summed E-state index contributed by atoms with van der Waals surface area (Å²) in [7, 11) is 0. The normalized spacial score (nSPS) is 16.7. The number of hydrogen-bond acceptors (Lipinski definition) is 3. The van der Waals surface area contributed by atoms with Crippen LogP contribution in [0.2, 0.25) is 5.02 Å². The molecule has 3 aromatic rings. The quantitative estimate of drug-likeness (QED) is 0.557. The zero-order valence-corrected chi connectivity index (χ0v) is 16.9. The number of halogens is 1. The third-order valence-electron chi connectivity index (χ3n) is 5.42. The van der Waals surface area contributed by atoms with Gasteiger partial charge in [-0.15, -0.1) is 0 Å². The van der Waals surface area contributed by atoms with E-state index in [9.17, 15) is 9.59 Å². The maximum absolute atomic E-state index is 12.4. The largest absolute Gasteiger partial charge is 0.361 e. The van der Waals surface area contributed by atoms with Gasteiger partial charge in [0.25, 0.3) is 0 Å². The van der Waals surface area contributed by atoms with E-state index in [4.69, 9.17) is 11.6 Å². The highest BCUT2D eigenvalue weighted by molar-refractivity contribution is 6.31. The lowest BCUT2D eigenvalue weighted by Gasteiger charge is -2.16. The van der Waals surface area contributed by atoms with Crippen molar-refractivity contribution in [2.75, 3.05) is 19.6 Å². The number of aryl methyl sites for hydroxylation is 1. The van der Waals surface area contributed by atoms with Crippen molar-refractivity contribution in [1.82, 2.24) is 24.8 Å². The van der Waals surface area contributed by atoms with E-state index in [1.54, 1.807) is 17.4 Å². The fourth-order valence-corrected chi connectivity index (χ4v) is 3.99. The van der Waals surface area contributed by atoms with Crippen LogP contribution in [0, 0.1) is 5.92 Å². The number of rotatable bonds is 8. The number of aromatic amines is 1. The minimum atomic E-state index is -0.270. The van der Waals surface area contributed by atoms with Gasteiger partial charge in [0.2, 0.25) is 11.8 Å². The van der Waals surface area contributed by atoms with Crippen molar-refractivity contribution in [3.8, 4) is 0 Å². The lowest BCUT2D eigenvalue weighted by Crippen LogP contribution is -2.34. The summed E-state index contributed by atoms with van der Waals surface area (Å²) in [6.45, 7) is 2.49. The molecule has 29 heavy (non-hydrogen) atoms. The van der Waals surface area contributed by atoms with E-state index >= 15 is 0 Å². The van der Waals surface area contributed by atoms with Crippen LogP contribution in [-0.2, 0) is 22.6 Å². The molecule has 7 nitrogen and oxygen atoms in total. The van der Waals surface area contributed by atoms with Gasteiger partial charge < -0.3 is 19.8 Å². The molecular weight excluding hydrogens is 390 g/mol. The standard InChI is InChI=1S/C21H24ClN5O2/c22-17-2-3-19-18(11-17)15(12-25-19)4-8-27-13-16(10-20(27)28)21(29)24-5-1-7-26-9-6-23-14-26/h2-3,6,9,11-12,14,16,25H,1,4-5,7-8,10,13H2,(H,24,29)/t16-/m1/s1. The van der Waals surface area contributed by atoms with Gasteiger partial charge in [0.1, 0.15) is 0 Å². The Hall–Kier alpha value is -2.80. The first-order chi connectivity index (χ1) is 14.1. The van der Waals surface area contributed by atoms with E-state index in [1.165, 1.54) is 0 Å². The van der Waals surface area contributed by atoms with Crippen LogP contribution in [-0.4, -0.2) is 50.9 Å². The van der Waals surface area contributed by atoms with Gasteiger partial charge in [-0.3, -0.25) is 9.59 Å². The SMILES string of the molecule is O=C(NCCCn1ccnc1)[C@@H]1CC(=O)N(CCc2c[nH]c3ccc(Cl)cc23)C1. The van der Waals surface area contributed by atoms with E-state index in [2.05, 4.69) is 15.3 Å². The summed E-state index contributed by atoms with van der Waals surface area (Å²) in [5.41, 5.74) is 2.16. The third kappa shape index (κ3) is 4.62. The number of fused-ring (bicyclic) bond motifs is 1. The molecule has 2 N–H and O–H groups in total. The molecule has 0 aliphatic carbocycles. The molecule has 1 aliphatic rings. The molecule has 4 rings (SSSR count). The van der Waals surface area contributed by atoms with Gasteiger partial charge >= 0.3 is 0 Å². The second-order valence-electron chi connectivity index (χ2n) is 7.44. The Kier molecular flexibility index (Phi) is 5.85. The molecule has 2 aromatic heterocycles. The predicted molar refractivity (Wildman–Crippen MR) is 112 cm³/mol. The molecule has 0 bridgehead atoms. The van der Waals surface area contributed by atoms with E-state index in [0.29, 0.717) is 24.7 Å². The molecule has 2 amide bonds. The van der Waals surface area contributed by atoms with E-state index in [0.717, 1.165) is 35.9 Å². The third-order valence-corrected chi connectivity index (χ3v) is 5.65. The lowest BCUT2D eigenvalue weighted by molar-refractivity contribution is -0.129. The van der Waals surface area contributed by atoms with Gasteiger partial charge in [-0.05, 0) is 36.6 Å². The first-order valence-corrected chi connectivity index (χ1v) is 10.2. The fraction of sp³-hybridized carbons (Fsp3) is 0.381. The topological polar surface area (TPSA) is 83.0 Å². The average Bonchev–Trinajstić information content (AvgIpc) is 3.44. The number of imidazole rings is 1. The summed E-state index contributed by atoms with van der Waals surface area (Å²) >= 11 is 6.11. The van der Waals surface area contributed by atoms with Crippen LogP contribution in [0.5, 0.6) is 0 Å². The molecule has 3 heterocycles. The highest BCUT2D eigenvalue weighted by atomic mass is 35.5. The molecule has 1 aliphatic heterocycles. The summed E-state index contributed by atoms with van der Waals surface area (Å²) < 4.78 is 1.98. The summed E-state index contributed by atoms with van der Waals surface area (Å²) in [4.78, 5) is 33.8. The molecule has 1 fully saturated rings. The average molecular weight is 414 g/mol. The summed E-state index contributed by atoms with van der Waals surface area (Å²) in [6.07, 6.45) is 9.20. The number of nitrogens with one attached hydrogen (secondary N) is 2. The molecule has 8 heteroatoms. The monoisotopic (exact) mass is 413 g/mol. The lowest BCUT2D eigenvalue weighted by atomic mass is 10.1. The second kappa shape index (κ2) is 8.69. The molecule has 0 spiro atoms. The van der Waals surface area contributed by atoms with Gasteiger partial charge in [-0.2, -0.15) is 0 Å². The molecule has 0 radical (unpaired) electrons. The maximum atomic E-state index is 12.4. The first-order valence-electron chi connectivity index (χ1n) is 9.87. The molecule has 1 aromatic carbocycles. The van der Waals surface area contributed by atoms with Crippen molar-refractivity contribution in [2.24, 2.45) is 5.92 Å². The smallest absolute Gasteiger partial charge is 0.225 e. The molecule has 152 valence electrons. The van der Waals surface area contributed by atoms with Crippen molar-refractivity contribution in [2.45, 2.75) is 25.8 Å². The van der Waals surface area contributed by atoms with Crippen LogP contribution in [0.15, 0.2) is 43.1 Å². The Morgan fingerprint density at radius 2 is 2.24 bits per heavy atom. The molecule has 1 atom stereocenters. The van der Waals surface area contributed by atoms with Crippen LogP contribution >= 0.6 is 11.6 Å². The number of likely N-dealkylation sites (tertiary alicyclic amines) is 1. The summed E-state index contributed by atoms with van der Waals surface area (Å²) in [5, 5.41) is 4.73. The molecule has 1 saturated heterocycles. The predicted octanol–water partition coefficient (Wildman–Crippen LogP) is 2.62. The zero-order valence-electron chi connectivity index (χ0n) is 16.1.